The van der Waals surface area contributed by atoms with Crippen LogP contribution in [-0.2, 0) is 4.74 Å². The van der Waals surface area contributed by atoms with Gasteiger partial charge in [-0.2, -0.15) is 0 Å². The van der Waals surface area contributed by atoms with Crippen LogP contribution >= 0.6 is 15.9 Å². The molecule has 3 rings (SSSR count). The van der Waals surface area contributed by atoms with Crippen molar-refractivity contribution in [3.05, 3.63) is 40.9 Å². The van der Waals surface area contributed by atoms with Crippen LogP contribution in [-0.4, -0.2) is 31.8 Å². The Morgan fingerprint density at radius 3 is 2.90 bits per heavy atom. The number of anilines is 1. The van der Waals surface area contributed by atoms with E-state index in [9.17, 15) is 0 Å². The highest BCUT2D eigenvalue weighted by Crippen LogP contribution is 2.23. The molecule has 0 radical (unpaired) electrons. The summed E-state index contributed by atoms with van der Waals surface area (Å²) in [5.41, 5.74) is 1.18. The SMILES string of the molecule is CC(CC1COCCN1)Nc1ccc2cc(Br)ccc2c1. The van der Waals surface area contributed by atoms with E-state index in [4.69, 9.17) is 4.74 Å². The lowest BCUT2D eigenvalue weighted by atomic mass is 10.1. The van der Waals surface area contributed by atoms with Crippen molar-refractivity contribution in [3.8, 4) is 0 Å². The quantitative estimate of drug-likeness (QED) is 0.881. The van der Waals surface area contributed by atoms with Crippen molar-refractivity contribution >= 4 is 32.4 Å². The maximum absolute atomic E-state index is 5.51. The van der Waals surface area contributed by atoms with Crippen LogP contribution in [0.15, 0.2) is 40.9 Å². The number of rotatable bonds is 4. The molecule has 112 valence electrons. The zero-order valence-electron chi connectivity index (χ0n) is 12.2. The van der Waals surface area contributed by atoms with E-state index in [2.05, 4.69) is 69.9 Å². The van der Waals surface area contributed by atoms with Gasteiger partial charge in [-0.15, -0.1) is 0 Å². The highest BCUT2D eigenvalue weighted by Gasteiger charge is 2.16. The van der Waals surface area contributed by atoms with Gasteiger partial charge in [-0.05, 0) is 48.4 Å². The van der Waals surface area contributed by atoms with Crippen LogP contribution in [0.5, 0.6) is 0 Å². The first-order valence-electron chi connectivity index (χ1n) is 7.48. The lowest BCUT2D eigenvalue weighted by Gasteiger charge is -2.27. The Balaban J connectivity index is 1.65. The maximum Gasteiger partial charge on any atom is 0.0621 e. The summed E-state index contributed by atoms with van der Waals surface area (Å²) in [6.45, 7) is 4.83. The second kappa shape index (κ2) is 6.77. The van der Waals surface area contributed by atoms with Gasteiger partial charge in [-0.1, -0.05) is 28.1 Å². The van der Waals surface area contributed by atoms with E-state index in [-0.39, 0.29) is 0 Å². The molecule has 0 spiro atoms. The van der Waals surface area contributed by atoms with Crippen LogP contribution in [0.1, 0.15) is 13.3 Å². The Morgan fingerprint density at radius 2 is 2.10 bits per heavy atom. The number of ether oxygens (including phenoxy) is 1. The summed E-state index contributed by atoms with van der Waals surface area (Å²) in [4.78, 5) is 0. The van der Waals surface area contributed by atoms with Crippen molar-refractivity contribution in [1.29, 1.82) is 0 Å². The van der Waals surface area contributed by atoms with Crippen molar-refractivity contribution < 1.29 is 4.74 Å². The summed E-state index contributed by atoms with van der Waals surface area (Å²) in [5.74, 6) is 0. The molecule has 2 aromatic carbocycles. The summed E-state index contributed by atoms with van der Waals surface area (Å²) in [6, 6.07) is 13.8. The van der Waals surface area contributed by atoms with E-state index in [0.717, 1.165) is 30.7 Å². The normalized spacial score (nSPS) is 20.4. The molecule has 0 saturated carbocycles. The second-order valence-corrected chi connectivity index (χ2v) is 6.63. The molecule has 1 aliphatic rings. The molecule has 0 bridgehead atoms. The van der Waals surface area contributed by atoms with Crippen LogP contribution in [0.2, 0.25) is 0 Å². The van der Waals surface area contributed by atoms with Gasteiger partial charge >= 0.3 is 0 Å². The number of halogens is 1. The maximum atomic E-state index is 5.51. The summed E-state index contributed by atoms with van der Waals surface area (Å²) in [6.07, 6.45) is 1.07. The van der Waals surface area contributed by atoms with E-state index in [1.165, 1.54) is 16.5 Å². The van der Waals surface area contributed by atoms with Gasteiger partial charge in [0.2, 0.25) is 0 Å². The first kappa shape index (κ1) is 14.8. The highest BCUT2D eigenvalue weighted by molar-refractivity contribution is 9.10. The first-order chi connectivity index (χ1) is 10.2. The zero-order valence-corrected chi connectivity index (χ0v) is 13.8. The third-order valence-corrected chi connectivity index (χ3v) is 4.35. The van der Waals surface area contributed by atoms with Crippen molar-refractivity contribution in [2.75, 3.05) is 25.1 Å². The van der Waals surface area contributed by atoms with Gasteiger partial charge in [0.25, 0.3) is 0 Å². The van der Waals surface area contributed by atoms with E-state index in [1.54, 1.807) is 0 Å². The van der Waals surface area contributed by atoms with Crippen LogP contribution in [0.4, 0.5) is 5.69 Å². The average Bonchev–Trinajstić information content (AvgIpc) is 2.48. The first-order valence-corrected chi connectivity index (χ1v) is 8.27. The highest BCUT2D eigenvalue weighted by atomic mass is 79.9. The molecule has 1 heterocycles. The number of morpholine rings is 1. The molecule has 2 N–H and O–H groups in total. The molecule has 0 amide bonds. The molecule has 0 aromatic heterocycles. The van der Waals surface area contributed by atoms with Gasteiger partial charge in [-0.25, -0.2) is 0 Å². The van der Waals surface area contributed by atoms with Crippen molar-refractivity contribution in [3.63, 3.8) is 0 Å². The van der Waals surface area contributed by atoms with Crippen LogP contribution < -0.4 is 10.6 Å². The monoisotopic (exact) mass is 348 g/mol. The zero-order chi connectivity index (χ0) is 14.7. The third kappa shape index (κ3) is 3.96. The Morgan fingerprint density at radius 1 is 1.29 bits per heavy atom. The summed E-state index contributed by atoms with van der Waals surface area (Å²) in [5, 5.41) is 9.60. The van der Waals surface area contributed by atoms with Gasteiger partial charge in [0.1, 0.15) is 0 Å². The van der Waals surface area contributed by atoms with Crippen LogP contribution in [0, 0.1) is 0 Å². The fourth-order valence-corrected chi connectivity index (χ4v) is 3.23. The van der Waals surface area contributed by atoms with Crippen molar-refractivity contribution in [1.82, 2.24) is 5.32 Å². The molecule has 21 heavy (non-hydrogen) atoms. The Labute approximate surface area is 134 Å². The summed E-state index contributed by atoms with van der Waals surface area (Å²) >= 11 is 3.51. The van der Waals surface area contributed by atoms with E-state index in [0.29, 0.717) is 12.1 Å². The predicted molar refractivity (Wildman–Crippen MR) is 92.0 cm³/mol. The van der Waals surface area contributed by atoms with E-state index in [1.807, 2.05) is 0 Å². The third-order valence-electron chi connectivity index (χ3n) is 3.85. The lowest BCUT2D eigenvalue weighted by molar-refractivity contribution is 0.0731. The Bertz CT molecular complexity index is 611. The summed E-state index contributed by atoms with van der Waals surface area (Å²) < 4.78 is 6.63. The number of hydrogen-bond acceptors (Lipinski definition) is 3. The van der Waals surface area contributed by atoms with Crippen LogP contribution in [0.3, 0.4) is 0 Å². The largest absolute Gasteiger partial charge is 0.383 e. The molecule has 2 atom stereocenters. The van der Waals surface area contributed by atoms with E-state index < -0.39 is 0 Å². The van der Waals surface area contributed by atoms with Gasteiger partial charge in [0.15, 0.2) is 0 Å². The molecular weight excluding hydrogens is 328 g/mol. The molecule has 2 unspecified atom stereocenters. The molecule has 3 nitrogen and oxygen atoms in total. The molecule has 0 aliphatic carbocycles. The molecule has 1 aliphatic heterocycles. The Kier molecular flexibility index (Phi) is 4.78. The number of benzene rings is 2. The van der Waals surface area contributed by atoms with Crippen LogP contribution in [0.25, 0.3) is 10.8 Å². The van der Waals surface area contributed by atoms with Crippen molar-refractivity contribution in [2.45, 2.75) is 25.4 Å². The number of nitrogens with one attached hydrogen (secondary N) is 2. The smallest absolute Gasteiger partial charge is 0.0621 e. The number of hydrogen-bond donors (Lipinski definition) is 2. The van der Waals surface area contributed by atoms with Crippen molar-refractivity contribution in [2.24, 2.45) is 0 Å². The van der Waals surface area contributed by atoms with Gasteiger partial charge in [0, 0.05) is 28.8 Å². The fourth-order valence-electron chi connectivity index (χ4n) is 2.85. The molecule has 1 fully saturated rings. The molecular formula is C17H21BrN2O. The topological polar surface area (TPSA) is 33.3 Å². The molecule has 1 saturated heterocycles. The molecule has 4 heteroatoms. The standard InChI is InChI=1S/C17H21BrN2O/c1-12(8-17-11-21-7-6-19-17)20-16-5-3-13-9-15(18)4-2-14(13)10-16/h2-5,9-10,12,17,19-20H,6-8,11H2,1H3. The second-order valence-electron chi connectivity index (χ2n) is 5.71. The van der Waals surface area contributed by atoms with Gasteiger partial charge in [0.05, 0.1) is 13.2 Å². The number of fused-ring (bicyclic) bond motifs is 1. The van der Waals surface area contributed by atoms with E-state index >= 15 is 0 Å². The summed E-state index contributed by atoms with van der Waals surface area (Å²) in [7, 11) is 0. The van der Waals surface area contributed by atoms with Gasteiger partial charge in [-0.3, -0.25) is 0 Å². The minimum Gasteiger partial charge on any atom is -0.383 e. The average molecular weight is 349 g/mol. The minimum absolute atomic E-state index is 0.414. The fraction of sp³-hybridized carbons (Fsp3) is 0.412. The van der Waals surface area contributed by atoms with Gasteiger partial charge < -0.3 is 15.4 Å². The lowest BCUT2D eigenvalue weighted by Crippen LogP contribution is -2.43. The Hall–Kier alpha value is -1.10. The minimum atomic E-state index is 0.414. The predicted octanol–water partition coefficient (Wildman–Crippen LogP) is 3.78. The molecule has 2 aromatic rings.